The van der Waals surface area contributed by atoms with E-state index in [2.05, 4.69) is 19.1 Å². The van der Waals surface area contributed by atoms with Crippen molar-refractivity contribution in [1.82, 2.24) is 0 Å². The summed E-state index contributed by atoms with van der Waals surface area (Å²) in [5.74, 6) is -0.542. The molecule has 1 aromatic rings. The summed E-state index contributed by atoms with van der Waals surface area (Å²) in [7, 11) is 0. The Kier molecular flexibility index (Phi) is 15.0. The van der Waals surface area contributed by atoms with Crippen molar-refractivity contribution in [1.29, 1.82) is 0 Å². The van der Waals surface area contributed by atoms with E-state index >= 15 is 0 Å². The van der Waals surface area contributed by atoms with Gasteiger partial charge in [0, 0.05) is 18.8 Å². The average Bonchev–Trinajstić information content (AvgIpc) is 2.83. The summed E-state index contributed by atoms with van der Waals surface area (Å²) in [6.45, 7) is 3.62. The predicted octanol–water partition coefficient (Wildman–Crippen LogP) is -0.725. The van der Waals surface area contributed by atoms with Crippen molar-refractivity contribution in [2.24, 2.45) is 0 Å². The minimum absolute atomic E-state index is 0. The van der Waals surface area contributed by atoms with Gasteiger partial charge in [-0.15, -0.1) is 0 Å². The van der Waals surface area contributed by atoms with Gasteiger partial charge in [0.2, 0.25) is 0 Å². The van der Waals surface area contributed by atoms with Gasteiger partial charge < -0.3 is 9.90 Å². The van der Waals surface area contributed by atoms with E-state index in [1.54, 1.807) is 0 Å². The zero-order valence-corrected chi connectivity index (χ0v) is 14.1. The smallest absolute Gasteiger partial charge is 0.550 e. The summed E-state index contributed by atoms with van der Waals surface area (Å²) in [4.78, 5) is 19.5. The second kappa shape index (κ2) is 13.8. The number of benzene rings is 1. The first kappa shape index (κ1) is 20.7. The van der Waals surface area contributed by atoms with Gasteiger partial charge in [-0.1, -0.05) is 42.8 Å². The van der Waals surface area contributed by atoms with Crippen LogP contribution in [0.15, 0.2) is 30.3 Å². The van der Waals surface area contributed by atoms with Crippen LogP contribution in [0.4, 0.5) is 0 Å². The van der Waals surface area contributed by atoms with Crippen molar-refractivity contribution in [2.45, 2.75) is 46.0 Å². The summed E-state index contributed by atoms with van der Waals surface area (Å²) < 4.78 is 0. The number of hydrogen-bond acceptors (Lipinski definition) is 3. The predicted molar refractivity (Wildman–Crippen MR) is 70.0 cm³/mol. The van der Waals surface area contributed by atoms with E-state index in [-0.39, 0.29) is 36.0 Å². The molecule has 4 heteroatoms. The number of carboxylic acids is 1. The van der Waals surface area contributed by atoms with Crippen molar-refractivity contribution in [3.05, 3.63) is 35.9 Å². The van der Waals surface area contributed by atoms with Crippen molar-refractivity contribution in [3.8, 4) is 0 Å². The third-order valence-corrected chi connectivity index (χ3v) is 2.39. The normalized spacial score (nSPS) is 12.2. The molecule has 0 aliphatic heterocycles. The van der Waals surface area contributed by atoms with Gasteiger partial charge in [0.05, 0.1) is 0 Å². The third-order valence-electron chi connectivity index (χ3n) is 2.39. The molecule has 0 atom stereocenters. The maximum atomic E-state index is 10.2. The van der Waals surface area contributed by atoms with Crippen molar-refractivity contribution in [3.63, 3.8) is 0 Å². The minimum Gasteiger partial charge on any atom is -0.550 e. The van der Waals surface area contributed by atoms with Crippen LogP contribution in [-0.2, 0) is 9.59 Å². The quantitative estimate of drug-likeness (QED) is 0.634. The number of carbonyl (C=O) groups excluding carboxylic acids is 2. The van der Waals surface area contributed by atoms with Crippen LogP contribution in [-0.4, -0.2) is 11.8 Å². The Hall–Kier alpha value is -0.640. The second-order valence-electron chi connectivity index (χ2n) is 4.13. The van der Waals surface area contributed by atoms with Crippen LogP contribution in [0.3, 0.4) is 0 Å². The zero-order chi connectivity index (χ0) is 13.8. The molecular formula is C15H21NaO3. The van der Waals surface area contributed by atoms with Gasteiger partial charge in [-0.25, -0.2) is 0 Å². The molecule has 1 aliphatic rings. The molecule has 0 N–H and O–H groups in total. The molecule has 0 amide bonds. The molecule has 3 nitrogen and oxygen atoms in total. The van der Waals surface area contributed by atoms with E-state index in [0.717, 1.165) is 25.7 Å². The Balaban J connectivity index is 0. The number of carboxylic acid groups (broad SMARTS) is 1. The molecule has 0 heterocycles. The largest absolute Gasteiger partial charge is 1.00 e. The number of rotatable bonds is 1. The van der Waals surface area contributed by atoms with Crippen LogP contribution in [0.25, 0.3) is 0 Å². The summed E-state index contributed by atoms with van der Waals surface area (Å²) >= 11 is 0. The van der Waals surface area contributed by atoms with E-state index in [0.29, 0.717) is 5.78 Å². The molecule has 0 unspecified atom stereocenters. The van der Waals surface area contributed by atoms with E-state index in [9.17, 15) is 14.7 Å². The van der Waals surface area contributed by atoms with Crippen molar-refractivity contribution in [2.75, 3.05) is 0 Å². The van der Waals surface area contributed by atoms with Gasteiger partial charge in [0.25, 0.3) is 0 Å². The molecule has 19 heavy (non-hydrogen) atoms. The molecule has 1 aliphatic carbocycles. The maximum Gasteiger partial charge on any atom is 1.00 e. The van der Waals surface area contributed by atoms with Crippen molar-refractivity contribution < 1.29 is 44.3 Å². The first-order valence-corrected chi connectivity index (χ1v) is 6.29. The van der Waals surface area contributed by atoms with Crippen LogP contribution in [0.1, 0.15) is 44.6 Å². The molecule has 0 aromatic heterocycles. The molecule has 2 rings (SSSR count). The van der Waals surface area contributed by atoms with Crippen LogP contribution < -0.4 is 34.7 Å². The van der Waals surface area contributed by atoms with Crippen LogP contribution in [0, 0.1) is 6.92 Å². The average molecular weight is 272 g/mol. The summed E-state index contributed by atoms with van der Waals surface area (Å²) in [6.07, 6.45) is 4.08. The number of aliphatic carboxylic acids is 1. The standard InChI is InChI=1S/C7H8.C5H8O.C3H6O2.Na/c1-7-5-3-2-4-6-7;6-5-3-1-2-4-5;1-2-3(4)5;/h2-6H,1H3;1-4H2;2H2,1H3,(H,4,5);/q;;;+1/p-1. The third kappa shape index (κ3) is 15.3. The van der Waals surface area contributed by atoms with Crippen LogP contribution >= 0.6 is 0 Å². The fourth-order valence-corrected chi connectivity index (χ4v) is 1.30. The Morgan fingerprint density at radius 2 is 1.58 bits per heavy atom. The van der Waals surface area contributed by atoms with E-state index in [1.165, 1.54) is 12.5 Å². The first-order chi connectivity index (χ1) is 8.56. The number of hydrogen-bond donors (Lipinski definition) is 0. The SMILES string of the molecule is CCC(=O)[O-].Cc1ccccc1.O=C1CCCC1.[Na+]. The molecule has 100 valence electrons. The van der Waals surface area contributed by atoms with Gasteiger partial charge in [-0.05, 0) is 26.2 Å². The zero-order valence-electron chi connectivity index (χ0n) is 12.1. The Morgan fingerprint density at radius 1 is 1.16 bits per heavy atom. The van der Waals surface area contributed by atoms with E-state index in [1.807, 2.05) is 18.2 Å². The number of carbonyl (C=O) groups is 2. The van der Waals surface area contributed by atoms with Crippen LogP contribution in [0.5, 0.6) is 0 Å². The second-order valence-corrected chi connectivity index (χ2v) is 4.13. The fraction of sp³-hybridized carbons (Fsp3) is 0.467. The number of aryl methyl sites for hydroxylation is 1. The molecule has 0 spiro atoms. The van der Waals surface area contributed by atoms with Gasteiger partial charge in [0.1, 0.15) is 5.78 Å². The molecule has 0 bridgehead atoms. The van der Waals surface area contributed by atoms with Gasteiger partial charge >= 0.3 is 29.6 Å². The van der Waals surface area contributed by atoms with Gasteiger partial charge in [0.15, 0.2) is 0 Å². The fourth-order valence-electron chi connectivity index (χ4n) is 1.30. The molecule has 1 fully saturated rings. The summed E-state index contributed by atoms with van der Waals surface area (Å²) in [5.41, 5.74) is 1.32. The van der Waals surface area contributed by atoms with E-state index < -0.39 is 5.97 Å². The molecular weight excluding hydrogens is 251 g/mol. The molecule has 1 saturated carbocycles. The van der Waals surface area contributed by atoms with Gasteiger partial charge in [-0.2, -0.15) is 0 Å². The summed E-state index contributed by atoms with van der Waals surface area (Å²) in [5, 5.41) is 9.26. The minimum atomic E-state index is -0.995. The number of ketones is 1. The Labute approximate surface area is 137 Å². The first-order valence-electron chi connectivity index (χ1n) is 6.29. The number of Topliss-reactive ketones (excluding diaryl/α,β-unsaturated/α-hetero) is 1. The summed E-state index contributed by atoms with van der Waals surface area (Å²) in [6, 6.07) is 10.3. The molecule has 0 radical (unpaired) electrons. The van der Waals surface area contributed by atoms with E-state index in [4.69, 9.17) is 0 Å². The van der Waals surface area contributed by atoms with Gasteiger partial charge in [-0.3, -0.25) is 4.79 Å². The molecule has 1 aromatic carbocycles. The van der Waals surface area contributed by atoms with Crippen LogP contribution in [0.2, 0.25) is 0 Å². The Morgan fingerprint density at radius 3 is 1.74 bits per heavy atom. The topological polar surface area (TPSA) is 57.2 Å². The monoisotopic (exact) mass is 272 g/mol. The molecule has 0 saturated heterocycles. The van der Waals surface area contributed by atoms with Crippen molar-refractivity contribution >= 4 is 11.8 Å². The maximum absolute atomic E-state index is 10.2. The Bertz CT molecular complexity index is 342.